The first-order valence-electron chi connectivity index (χ1n) is 5.38. The zero-order valence-electron chi connectivity index (χ0n) is 10.1. The van der Waals surface area contributed by atoms with Gasteiger partial charge in [-0.05, 0) is 32.6 Å². The van der Waals surface area contributed by atoms with Crippen molar-refractivity contribution in [1.29, 1.82) is 0 Å². The average Bonchev–Trinajstić information content (AvgIpc) is 2.02. The minimum absolute atomic E-state index is 0.237. The van der Waals surface area contributed by atoms with Gasteiger partial charge < -0.3 is 9.90 Å². The number of hydrogen-bond acceptors (Lipinski definition) is 2. The number of rotatable bonds is 6. The fraction of sp³-hybridized carbons (Fsp3) is 0.917. The molecule has 2 heteroatoms. The van der Waals surface area contributed by atoms with E-state index < -0.39 is 5.60 Å². The Balaban J connectivity index is 3.86. The van der Waals surface area contributed by atoms with Gasteiger partial charge in [-0.15, -0.1) is 0 Å². The second-order valence-corrected chi connectivity index (χ2v) is 5.54. The van der Waals surface area contributed by atoms with Gasteiger partial charge in [0, 0.05) is 5.41 Å². The molecule has 0 aliphatic heterocycles. The Morgan fingerprint density at radius 2 is 1.79 bits per heavy atom. The number of carbonyl (C=O) groups is 1. The Labute approximate surface area is 87.7 Å². The van der Waals surface area contributed by atoms with Crippen LogP contribution in [0.2, 0.25) is 0 Å². The summed E-state index contributed by atoms with van der Waals surface area (Å²) in [5, 5.41) is 9.52. The maximum absolute atomic E-state index is 10.8. The van der Waals surface area contributed by atoms with E-state index in [2.05, 4.69) is 6.92 Å². The maximum Gasteiger partial charge on any atom is 0.125 e. The average molecular weight is 200 g/mol. The van der Waals surface area contributed by atoms with Crippen molar-refractivity contribution in [3.05, 3.63) is 0 Å². The van der Waals surface area contributed by atoms with E-state index in [0.717, 1.165) is 25.5 Å². The second-order valence-electron chi connectivity index (χ2n) is 5.54. The van der Waals surface area contributed by atoms with Crippen molar-refractivity contribution < 1.29 is 9.90 Å². The Morgan fingerprint density at radius 3 is 2.14 bits per heavy atom. The molecule has 84 valence electrons. The largest absolute Gasteiger partial charge is 0.390 e. The maximum atomic E-state index is 10.8. The minimum atomic E-state index is -0.578. The van der Waals surface area contributed by atoms with Crippen molar-refractivity contribution in [2.24, 2.45) is 11.3 Å². The van der Waals surface area contributed by atoms with Crippen LogP contribution in [0.25, 0.3) is 0 Å². The highest BCUT2D eigenvalue weighted by molar-refractivity contribution is 5.58. The van der Waals surface area contributed by atoms with E-state index in [1.807, 2.05) is 27.7 Å². The molecule has 14 heavy (non-hydrogen) atoms. The molecule has 0 aromatic heterocycles. The standard InChI is InChI=1S/C12H24O2/c1-10(11(2,3)9-13)7-6-8-12(4,5)14/h9-10,14H,6-8H2,1-5H3. The highest BCUT2D eigenvalue weighted by Gasteiger charge is 2.25. The molecule has 0 spiro atoms. The lowest BCUT2D eigenvalue weighted by atomic mass is 9.78. The van der Waals surface area contributed by atoms with Gasteiger partial charge in [-0.3, -0.25) is 0 Å². The summed E-state index contributed by atoms with van der Waals surface area (Å²) in [7, 11) is 0. The first-order chi connectivity index (χ1) is 6.19. The molecule has 0 aliphatic rings. The van der Waals surface area contributed by atoms with Crippen molar-refractivity contribution in [1.82, 2.24) is 0 Å². The molecule has 0 aliphatic carbocycles. The zero-order valence-corrected chi connectivity index (χ0v) is 10.1. The van der Waals surface area contributed by atoms with Crippen LogP contribution < -0.4 is 0 Å². The van der Waals surface area contributed by atoms with E-state index in [4.69, 9.17) is 0 Å². The van der Waals surface area contributed by atoms with Crippen molar-refractivity contribution >= 4 is 6.29 Å². The predicted molar refractivity (Wildman–Crippen MR) is 59.2 cm³/mol. The summed E-state index contributed by atoms with van der Waals surface area (Å²) < 4.78 is 0. The van der Waals surface area contributed by atoms with Crippen LogP contribution in [-0.4, -0.2) is 17.0 Å². The highest BCUT2D eigenvalue weighted by atomic mass is 16.3. The highest BCUT2D eigenvalue weighted by Crippen LogP contribution is 2.29. The van der Waals surface area contributed by atoms with Crippen LogP contribution in [0.1, 0.15) is 53.9 Å². The molecular formula is C12H24O2. The fourth-order valence-corrected chi connectivity index (χ4v) is 1.33. The van der Waals surface area contributed by atoms with Crippen LogP contribution in [0, 0.1) is 11.3 Å². The van der Waals surface area contributed by atoms with Crippen molar-refractivity contribution in [3.63, 3.8) is 0 Å². The number of aldehydes is 1. The van der Waals surface area contributed by atoms with Crippen LogP contribution in [-0.2, 0) is 4.79 Å². The van der Waals surface area contributed by atoms with Gasteiger partial charge in [-0.2, -0.15) is 0 Å². The van der Waals surface area contributed by atoms with Gasteiger partial charge in [0.1, 0.15) is 6.29 Å². The molecule has 0 saturated heterocycles. The van der Waals surface area contributed by atoms with E-state index >= 15 is 0 Å². The lowest BCUT2D eigenvalue weighted by molar-refractivity contribution is -0.117. The first kappa shape index (κ1) is 13.6. The molecule has 0 amide bonds. The molecular weight excluding hydrogens is 176 g/mol. The van der Waals surface area contributed by atoms with E-state index in [-0.39, 0.29) is 5.41 Å². The van der Waals surface area contributed by atoms with Crippen molar-refractivity contribution in [2.45, 2.75) is 59.5 Å². The zero-order chi connectivity index (χ0) is 11.4. The van der Waals surface area contributed by atoms with Gasteiger partial charge in [0.15, 0.2) is 0 Å². The first-order valence-corrected chi connectivity index (χ1v) is 5.38. The number of carbonyl (C=O) groups excluding carboxylic acids is 1. The monoisotopic (exact) mass is 200 g/mol. The van der Waals surface area contributed by atoms with Gasteiger partial charge in [0.25, 0.3) is 0 Å². The minimum Gasteiger partial charge on any atom is -0.390 e. The molecule has 0 fully saturated rings. The molecule has 1 unspecified atom stereocenters. The Hall–Kier alpha value is -0.370. The number of aliphatic hydroxyl groups is 1. The summed E-state index contributed by atoms with van der Waals surface area (Å²) in [4.78, 5) is 10.8. The SMILES string of the molecule is CC(CCCC(C)(C)O)C(C)(C)C=O. The molecule has 0 aromatic carbocycles. The molecule has 1 atom stereocenters. The molecule has 0 radical (unpaired) electrons. The van der Waals surface area contributed by atoms with Crippen molar-refractivity contribution in [2.75, 3.05) is 0 Å². The van der Waals surface area contributed by atoms with Crippen LogP contribution in [0.5, 0.6) is 0 Å². The van der Waals surface area contributed by atoms with Crippen molar-refractivity contribution in [3.8, 4) is 0 Å². The molecule has 0 bridgehead atoms. The fourth-order valence-electron chi connectivity index (χ4n) is 1.33. The second kappa shape index (κ2) is 4.92. The van der Waals surface area contributed by atoms with E-state index in [0.29, 0.717) is 5.92 Å². The van der Waals surface area contributed by atoms with E-state index in [1.165, 1.54) is 0 Å². The molecule has 1 N–H and O–H groups in total. The molecule has 0 saturated carbocycles. The molecule has 0 aromatic rings. The Kier molecular flexibility index (Phi) is 4.79. The van der Waals surface area contributed by atoms with E-state index in [9.17, 15) is 9.90 Å². The third kappa shape index (κ3) is 5.38. The molecule has 2 nitrogen and oxygen atoms in total. The molecule has 0 rings (SSSR count). The van der Waals surface area contributed by atoms with Crippen LogP contribution in [0.4, 0.5) is 0 Å². The van der Waals surface area contributed by atoms with Gasteiger partial charge in [0.2, 0.25) is 0 Å². The Morgan fingerprint density at radius 1 is 1.29 bits per heavy atom. The molecule has 0 heterocycles. The van der Waals surface area contributed by atoms with Gasteiger partial charge in [-0.1, -0.05) is 27.2 Å². The third-order valence-electron chi connectivity index (χ3n) is 3.00. The normalized spacial score (nSPS) is 15.3. The third-order valence-corrected chi connectivity index (χ3v) is 3.00. The predicted octanol–water partition coefficient (Wildman–Crippen LogP) is 2.79. The summed E-state index contributed by atoms with van der Waals surface area (Å²) in [5.74, 6) is 0.377. The quantitative estimate of drug-likeness (QED) is 0.669. The summed E-state index contributed by atoms with van der Waals surface area (Å²) in [6, 6.07) is 0. The van der Waals surface area contributed by atoms with Gasteiger partial charge in [-0.25, -0.2) is 0 Å². The summed E-state index contributed by atoms with van der Waals surface area (Å²) in [6.45, 7) is 9.67. The lowest BCUT2D eigenvalue weighted by Crippen LogP contribution is -2.24. The van der Waals surface area contributed by atoms with Gasteiger partial charge >= 0.3 is 0 Å². The summed E-state index contributed by atoms with van der Waals surface area (Å²) in [6.07, 6.45) is 3.80. The lowest BCUT2D eigenvalue weighted by Gasteiger charge is -2.26. The smallest absolute Gasteiger partial charge is 0.125 e. The van der Waals surface area contributed by atoms with Crippen LogP contribution in [0.3, 0.4) is 0 Å². The van der Waals surface area contributed by atoms with Crippen LogP contribution >= 0.6 is 0 Å². The van der Waals surface area contributed by atoms with Gasteiger partial charge in [0.05, 0.1) is 5.60 Å². The summed E-state index contributed by atoms with van der Waals surface area (Å²) >= 11 is 0. The Bertz CT molecular complexity index is 177. The topological polar surface area (TPSA) is 37.3 Å². The van der Waals surface area contributed by atoms with E-state index in [1.54, 1.807) is 0 Å². The number of hydrogen-bond donors (Lipinski definition) is 1. The van der Waals surface area contributed by atoms with Crippen LogP contribution in [0.15, 0.2) is 0 Å². The summed E-state index contributed by atoms with van der Waals surface area (Å²) in [5.41, 5.74) is -0.815.